The number of anilines is 1. The van der Waals surface area contributed by atoms with Crippen LogP contribution in [-0.4, -0.2) is 21.1 Å². The number of hydrogen-bond acceptors (Lipinski definition) is 1. The Hall–Kier alpha value is -0.251. The van der Waals surface area contributed by atoms with Gasteiger partial charge in [-0.15, -0.1) is 0 Å². The molecule has 0 saturated carbocycles. The molecule has 0 heterocycles. The third kappa shape index (κ3) is 3.54. The Labute approximate surface area is 88.7 Å². The predicted octanol–water partition coefficient (Wildman–Crippen LogP) is 1.96. The number of halogens is 1. The molecule has 0 unspecified atom stereocenters. The van der Waals surface area contributed by atoms with Crippen molar-refractivity contribution in [1.82, 2.24) is 0 Å². The van der Waals surface area contributed by atoms with E-state index in [1.165, 1.54) is 3.58 Å². The second kappa shape index (κ2) is 3.86. The van der Waals surface area contributed by atoms with Gasteiger partial charge in [-0.3, -0.25) is 0 Å². The zero-order valence-corrected chi connectivity index (χ0v) is 11.0. The van der Waals surface area contributed by atoms with Crippen LogP contribution < -0.4 is 9.31 Å². The minimum atomic E-state index is -0.691. The first-order chi connectivity index (χ1) is 5.88. The summed E-state index contributed by atoms with van der Waals surface area (Å²) in [6.07, 6.45) is 0. The third-order valence-electron chi connectivity index (χ3n) is 1.52. The van der Waals surface area contributed by atoms with E-state index in [4.69, 9.17) is 5.73 Å². The average molecular weight is 286 g/mol. The van der Waals surface area contributed by atoms with E-state index in [-0.39, 0.29) is 11.5 Å². The van der Waals surface area contributed by atoms with Gasteiger partial charge in [-0.05, 0) is 0 Å². The molecule has 0 aromatic heterocycles. The topological polar surface area (TPSA) is 26.0 Å². The molecule has 0 spiro atoms. The van der Waals surface area contributed by atoms with Crippen molar-refractivity contribution in [2.75, 3.05) is 5.73 Å². The first kappa shape index (κ1) is 10.8. The Kier molecular flexibility index (Phi) is 3.22. The Morgan fingerprint density at radius 2 is 1.92 bits per heavy atom. The monoisotopic (exact) mass is 287 g/mol. The molecule has 0 aliphatic carbocycles. The molecule has 3 heteroatoms. The number of rotatable bonds is 1. The molecule has 0 aliphatic heterocycles. The summed E-state index contributed by atoms with van der Waals surface area (Å²) in [7, 11) is 0. The van der Waals surface area contributed by atoms with Crippen LogP contribution in [-0.2, 0) is 0 Å². The van der Waals surface area contributed by atoms with Gasteiger partial charge in [-0.25, -0.2) is 0 Å². The van der Waals surface area contributed by atoms with Crippen LogP contribution in [0.3, 0.4) is 0 Å². The summed E-state index contributed by atoms with van der Waals surface area (Å²) in [4.78, 5) is 0. The van der Waals surface area contributed by atoms with Gasteiger partial charge in [0, 0.05) is 0 Å². The van der Waals surface area contributed by atoms with Crippen LogP contribution in [0.4, 0.5) is 10.1 Å². The molecule has 0 amide bonds. The van der Waals surface area contributed by atoms with Gasteiger partial charge in [-0.1, -0.05) is 0 Å². The van der Waals surface area contributed by atoms with Crippen LogP contribution in [0.15, 0.2) is 18.2 Å². The van der Waals surface area contributed by atoms with E-state index in [0.717, 1.165) is 0 Å². The van der Waals surface area contributed by atoms with Crippen LogP contribution in [0.2, 0.25) is 3.43 Å². The zero-order valence-electron chi connectivity index (χ0n) is 8.19. The Morgan fingerprint density at radius 3 is 2.38 bits per heavy atom. The van der Waals surface area contributed by atoms with Crippen molar-refractivity contribution in [2.24, 2.45) is 0 Å². The molecule has 13 heavy (non-hydrogen) atoms. The molecule has 0 saturated heterocycles. The van der Waals surface area contributed by atoms with Crippen molar-refractivity contribution in [2.45, 2.75) is 24.2 Å². The van der Waals surface area contributed by atoms with Crippen LogP contribution in [0.5, 0.6) is 0 Å². The summed E-state index contributed by atoms with van der Waals surface area (Å²) >= 11 is -0.691. The molecule has 1 nitrogen and oxygen atoms in total. The molecule has 2 N–H and O–H groups in total. The van der Waals surface area contributed by atoms with E-state index < -0.39 is 21.1 Å². The quantitative estimate of drug-likeness (QED) is 0.620. The molecule has 1 aromatic rings. The van der Waals surface area contributed by atoms with Gasteiger partial charge in [0.25, 0.3) is 0 Å². The van der Waals surface area contributed by atoms with Crippen molar-refractivity contribution in [3.8, 4) is 0 Å². The predicted molar refractivity (Wildman–Crippen MR) is 55.9 cm³/mol. The standard InChI is InChI=1S/C6H5FN.C4H9.Sn/c7-5-3-1-2-4-6(5)8;1-4(2)3;/h2-4H,8H2;1-3H3;. The summed E-state index contributed by atoms with van der Waals surface area (Å²) in [6, 6.07) is 5.21. The summed E-state index contributed by atoms with van der Waals surface area (Å²) < 4.78 is 14.6. The van der Waals surface area contributed by atoms with Crippen LogP contribution in [0.1, 0.15) is 20.8 Å². The van der Waals surface area contributed by atoms with E-state index in [2.05, 4.69) is 20.8 Å². The van der Waals surface area contributed by atoms with Gasteiger partial charge in [0.15, 0.2) is 0 Å². The zero-order chi connectivity index (χ0) is 10.1. The number of hydrogen-bond donors (Lipinski definition) is 1. The van der Waals surface area contributed by atoms with Gasteiger partial charge >= 0.3 is 88.8 Å². The maximum absolute atomic E-state index is 13.1. The molecular formula is C10H14FNSn. The third-order valence-corrected chi connectivity index (χ3v) is 5.37. The molecule has 0 atom stereocenters. The van der Waals surface area contributed by atoms with E-state index in [0.29, 0.717) is 3.43 Å². The number of benzene rings is 1. The van der Waals surface area contributed by atoms with E-state index in [9.17, 15) is 4.39 Å². The van der Waals surface area contributed by atoms with Crippen molar-refractivity contribution in [3.05, 3.63) is 24.0 Å². The van der Waals surface area contributed by atoms with Gasteiger partial charge < -0.3 is 0 Å². The summed E-state index contributed by atoms with van der Waals surface area (Å²) in [6.45, 7) is 6.61. The molecule has 2 radical (unpaired) electrons. The second-order valence-electron chi connectivity index (χ2n) is 4.11. The van der Waals surface area contributed by atoms with Crippen molar-refractivity contribution >= 4 is 30.4 Å². The van der Waals surface area contributed by atoms with Gasteiger partial charge in [0.1, 0.15) is 0 Å². The fraction of sp³-hybridized carbons (Fsp3) is 0.400. The molecule has 0 bridgehead atoms. The normalized spacial score (nSPS) is 11.7. The first-order valence-corrected chi connectivity index (χ1v) is 7.07. The van der Waals surface area contributed by atoms with E-state index >= 15 is 0 Å². The fourth-order valence-corrected chi connectivity index (χ4v) is 4.55. The first-order valence-electron chi connectivity index (χ1n) is 4.22. The summed E-state index contributed by atoms with van der Waals surface area (Å²) in [5, 5.41) is 0. The molecule has 0 aliphatic rings. The molecular weight excluding hydrogens is 272 g/mol. The summed E-state index contributed by atoms with van der Waals surface area (Å²) in [5.41, 5.74) is 5.64. The Bertz CT molecular complexity index is 304. The van der Waals surface area contributed by atoms with E-state index in [1.807, 2.05) is 6.07 Å². The number of nitrogen functional groups attached to an aromatic ring is 1. The fourth-order valence-electron chi connectivity index (χ4n) is 1.04. The molecule has 1 rings (SSSR count). The SMILES string of the molecule is C[C](C)(C)[Sn][c]1ccc(N)c(F)c1. The Balaban J connectivity index is 2.86. The average Bonchev–Trinajstić information content (AvgIpc) is 1.94. The van der Waals surface area contributed by atoms with Crippen LogP contribution in [0, 0.1) is 5.82 Å². The van der Waals surface area contributed by atoms with Gasteiger partial charge in [-0.2, -0.15) is 0 Å². The summed E-state index contributed by atoms with van der Waals surface area (Å²) in [5.74, 6) is -0.275. The van der Waals surface area contributed by atoms with Gasteiger partial charge in [0.2, 0.25) is 0 Å². The molecule has 1 aromatic carbocycles. The maximum atomic E-state index is 13.1. The van der Waals surface area contributed by atoms with Crippen LogP contribution >= 0.6 is 0 Å². The number of nitrogens with two attached hydrogens (primary N) is 1. The Morgan fingerprint density at radius 1 is 1.31 bits per heavy atom. The van der Waals surface area contributed by atoms with Crippen molar-refractivity contribution < 1.29 is 4.39 Å². The van der Waals surface area contributed by atoms with Crippen molar-refractivity contribution in [3.63, 3.8) is 0 Å². The second-order valence-corrected chi connectivity index (χ2v) is 10.8. The van der Waals surface area contributed by atoms with Crippen molar-refractivity contribution in [1.29, 1.82) is 0 Å². The minimum absolute atomic E-state index is 0.247. The van der Waals surface area contributed by atoms with Gasteiger partial charge in [0.05, 0.1) is 0 Å². The molecule has 70 valence electrons. The molecule has 0 fully saturated rings. The van der Waals surface area contributed by atoms with E-state index in [1.54, 1.807) is 12.1 Å². The van der Waals surface area contributed by atoms with Crippen LogP contribution in [0.25, 0.3) is 0 Å².